The quantitative estimate of drug-likeness (QED) is 0.710. The summed E-state index contributed by atoms with van der Waals surface area (Å²) in [7, 11) is 0. The van der Waals surface area contributed by atoms with Crippen LogP contribution < -0.4 is 4.90 Å². The van der Waals surface area contributed by atoms with Gasteiger partial charge in [-0.2, -0.15) is 0 Å². The molecule has 0 bridgehead atoms. The van der Waals surface area contributed by atoms with E-state index in [0.29, 0.717) is 5.92 Å². The molecule has 5 nitrogen and oxygen atoms in total. The lowest BCUT2D eigenvalue weighted by molar-refractivity contribution is 0.197. The Balaban J connectivity index is 1.39. The van der Waals surface area contributed by atoms with Crippen LogP contribution in [0.5, 0.6) is 0 Å². The van der Waals surface area contributed by atoms with Crippen molar-refractivity contribution in [2.75, 3.05) is 31.1 Å². The van der Waals surface area contributed by atoms with Crippen LogP contribution in [0.15, 0.2) is 48.7 Å². The topological polar surface area (TPSA) is 36.7 Å². The summed E-state index contributed by atoms with van der Waals surface area (Å²) in [5.41, 5.74) is 3.69. The van der Waals surface area contributed by atoms with Gasteiger partial charge in [0.25, 0.3) is 0 Å². The van der Waals surface area contributed by atoms with Crippen LogP contribution in [0, 0.1) is 0 Å². The van der Waals surface area contributed by atoms with E-state index in [1.54, 1.807) is 0 Å². The predicted octanol–water partition coefficient (Wildman–Crippen LogP) is 3.71. The second-order valence-corrected chi connectivity index (χ2v) is 7.90. The van der Waals surface area contributed by atoms with Crippen molar-refractivity contribution in [3.63, 3.8) is 0 Å². The fourth-order valence-corrected chi connectivity index (χ4v) is 4.59. The predicted molar refractivity (Wildman–Crippen MR) is 108 cm³/mol. The summed E-state index contributed by atoms with van der Waals surface area (Å²) < 4.78 is 2.10. The van der Waals surface area contributed by atoms with Gasteiger partial charge in [-0.1, -0.05) is 30.3 Å². The van der Waals surface area contributed by atoms with Crippen LogP contribution in [-0.4, -0.2) is 45.7 Å². The summed E-state index contributed by atoms with van der Waals surface area (Å²) in [4.78, 5) is 9.55. The summed E-state index contributed by atoms with van der Waals surface area (Å²) in [6.07, 6.45) is 6.96. The molecule has 4 heterocycles. The highest BCUT2D eigenvalue weighted by atomic mass is 15.3. The summed E-state index contributed by atoms with van der Waals surface area (Å²) in [5.74, 6) is 1.60. The Labute approximate surface area is 160 Å². The van der Waals surface area contributed by atoms with E-state index >= 15 is 0 Å². The number of hydrogen-bond donors (Lipinski definition) is 0. The molecule has 1 atom stereocenters. The number of nitrogens with zero attached hydrogens (tertiary/aromatic N) is 5. The number of likely N-dealkylation sites (tertiary alicyclic amines) is 1. The molecule has 5 rings (SSSR count). The molecule has 2 aromatic heterocycles. The number of hydrogen-bond acceptors (Lipinski definition) is 4. The normalized spacial score (nSPS) is 21.2. The maximum Gasteiger partial charge on any atom is 0.157 e. The Kier molecular flexibility index (Phi) is 4.54. The second-order valence-electron chi connectivity index (χ2n) is 7.90. The van der Waals surface area contributed by atoms with E-state index in [0.717, 1.165) is 37.6 Å². The van der Waals surface area contributed by atoms with Crippen LogP contribution >= 0.6 is 0 Å². The molecule has 27 heavy (non-hydrogen) atoms. The van der Waals surface area contributed by atoms with Crippen molar-refractivity contribution < 1.29 is 0 Å². The highest BCUT2D eigenvalue weighted by Crippen LogP contribution is 2.29. The Morgan fingerprint density at radius 2 is 1.81 bits per heavy atom. The van der Waals surface area contributed by atoms with E-state index in [2.05, 4.69) is 61.8 Å². The zero-order valence-electron chi connectivity index (χ0n) is 15.8. The van der Waals surface area contributed by atoms with Gasteiger partial charge >= 0.3 is 0 Å². The van der Waals surface area contributed by atoms with Gasteiger partial charge < -0.3 is 4.90 Å². The molecule has 1 unspecified atom stereocenters. The van der Waals surface area contributed by atoms with Gasteiger partial charge in [-0.3, -0.25) is 4.90 Å². The second kappa shape index (κ2) is 7.31. The summed E-state index contributed by atoms with van der Waals surface area (Å²) in [6, 6.07) is 15.1. The molecule has 3 aromatic rings. The molecule has 0 aliphatic carbocycles. The first-order valence-electron chi connectivity index (χ1n) is 10.2. The Bertz CT molecular complexity index is 897. The van der Waals surface area contributed by atoms with E-state index in [1.807, 2.05) is 6.20 Å². The molecule has 0 saturated carbocycles. The fourth-order valence-electron chi connectivity index (χ4n) is 4.59. The van der Waals surface area contributed by atoms with Gasteiger partial charge in [-0.15, -0.1) is 5.10 Å². The minimum Gasteiger partial charge on any atom is -0.355 e. The number of piperidine rings is 1. The molecule has 1 aromatic carbocycles. The third-order valence-electron chi connectivity index (χ3n) is 5.98. The average molecular weight is 361 g/mol. The molecular formula is C22H27N5. The van der Waals surface area contributed by atoms with Crippen LogP contribution in [0.25, 0.3) is 5.65 Å². The third-order valence-corrected chi connectivity index (χ3v) is 5.98. The summed E-state index contributed by atoms with van der Waals surface area (Å²) in [5, 5.41) is 4.94. The van der Waals surface area contributed by atoms with Gasteiger partial charge in [0, 0.05) is 44.4 Å². The highest BCUT2D eigenvalue weighted by molar-refractivity contribution is 5.53. The van der Waals surface area contributed by atoms with Crippen molar-refractivity contribution in [3.8, 4) is 0 Å². The molecule has 5 heteroatoms. The number of rotatable bonds is 4. The van der Waals surface area contributed by atoms with Gasteiger partial charge in [-0.25, -0.2) is 9.50 Å². The molecule has 2 saturated heterocycles. The van der Waals surface area contributed by atoms with Crippen molar-refractivity contribution in [2.45, 2.75) is 38.1 Å². The first-order valence-corrected chi connectivity index (χ1v) is 10.2. The van der Waals surface area contributed by atoms with E-state index in [-0.39, 0.29) is 0 Å². The van der Waals surface area contributed by atoms with Crippen LogP contribution in [0.3, 0.4) is 0 Å². The molecule has 0 N–H and O–H groups in total. The van der Waals surface area contributed by atoms with Crippen molar-refractivity contribution in [1.82, 2.24) is 19.5 Å². The minimum atomic E-state index is 0.513. The average Bonchev–Trinajstić information content (AvgIpc) is 3.38. The van der Waals surface area contributed by atoms with Crippen molar-refractivity contribution in [1.29, 1.82) is 0 Å². The standard InChI is InChI=1S/C22H27N5/c1-2-7-18(8-3-1)16-25-12-6-9-19(17-25)20-10-11-23-21-15-22(24-27(20)21)26-13-4-5-14-26/h1-3,7-8,10-11,15,19H,4-6,9,12-14,16-17H2. The first-order chi connectivity index (χ1) is 13.4. The molecule has 0 radical (unpaired) electrons. The lowest BCUT2D eigenvalue weighted by atomic mass is 9.94. The monoisotopic (exact) mass is 361 g/mol. The largest absolute Gasteiger partial charge is 0.355 e. The lowest BCUT2D eigenvalue weighted by Crippen LogP contribution is -2.34. The van der Waals surface area contributed by atoms with Gasteiger partial charge in [-0.05, 0) is 43.9 Å². The number of aromatic nitrogens is 3. The number of benzene rings is 1. The smallest absolute Gasteiger partial charge is 0.157 e. The Hall–Kier alpha value is -2.40. The molecular weight excluding hydrogens is 334 g/mol. The summed E-state index contributed by atoms with van der Waals surface area (Å²) >= 11 is 0. The van der Waals surface area contributed by atoms with E-state index < -0.39 is 0 Å². The Morgan fingerprint density at radius 3 is 2.67 bits per heavy atom. The van der Waals surface area contributed by atoms with E-state index in [9.17, 15) is 0 Å². The lowest BCUT2D eigenvalue weighted by Gasteiger charge is -2.33. The summed E-state index contributed by atoms with van der Waals surface area (Å²) in [6.45, 7) is 5.54. The molecule has 2 aliphatic rings. The highest BCUT2D eigenvalue weighted by Gasteiger charge is 2.25. The number of anilines is 1. The third kappa shape index (κ3) is 3.44. The van der Waals surface area contributed by atoms with Crippen LogP contribution in [0.4, 0.5) is 5.82 Å². The molecule has 140 valence electrons. The maximum atomic E-state index is 4.94. The van der Waals surface area contributed by atoms with Crippen LogP contribution in [-0.2, 0) is 6.54 Å². The van der Waals surface area contributed by atoms with E-state index in [4.69, 9.17) is 5.10 Å². The van der Waals surface area contributed by atoms with Gasteiger partial charge in [0.05, 0.1) is 5.69 Å². The fraction of sp³-hybridized carbons (Fsp3) is 0.455. The number of fused-ring (bicyclic) bond motifs is 1. The van der Waals surface area contributed by atoms with Crippen LogP contribution in [0.1, 0.15) is 42.9 Å². The van der Waals surface area contributed by atoms with Gasteiger partial charge in [0.2, 0.25) is 0 Å². The molecule has 2 aliphatic heterocycles. The zero-order valence-corrected chi connectivity index (χ0v) is 15.8. The minimum absolute atomic E-state index is 0.513. The van der Waals surface area contributed by atoms with Gasteiger partial charge in [0.15, 0.2) is 11.5 Å². The van der Waals surface area contributed by atoms with Crippen molar-refractivity contribution >= 4 is 11.5 Å². The SMILES string of the molecule is c1ccc(CN2CCCC(c3ccnc4cc(N5CCCC5)nn34)C2)cc1. The molecule has 0 amide bonds. The maximum absolute atomic E-state index is 4.94. The van der Waals surface area contributed by atoms with Crippen LogP contribution in [0.2, 0.25) is 0 Å². The van der Waals surface area contributed by atoms with Gasteiger partial charge in [0.1, 0.15) is 0 Å². The molecule has 2 fully saturated rings. The van der Waals surface area contributed by atoms with E-state index in [1.165, 1.54) is 43.5 Å². The first kappa shape index (κ1) is 16.8. The zero-order chi connectivity index (χ0) is 18.1. The van der Waals surface area contributed by atoms with Crippen molar-refractivity contribution in [3.05, 3.63) is 59.9 Å². The molecule has 0 spiro atoms. The Morgan fingerprint density at radius 1 is 0.963 bits per heavy atom. The van der Waals surface area contributed by atoms with Crippen molar-refractivity contribution in [2.24, 2.45) is 0 Å².